The number of fused-ring (bicyclic) bond motifs is 1. The monoisotopic (exact) mass is 610 g/mol. The number of aliphatic hydroxyl groups excluding tert-OH is 1. The molecule has 1 heterocycles. The molecule has 2 aromatic rings. The van der Waals surface area contributed by atoms with E-state index in [4.69, 9.17) is 23.7 Å². The summed E-state index contributed by atoms with van der Waals surface area (Å²) in [6.07, 6.45) is -5.86. The molecule has 5 rings (SSSR count). The third-order valence-corrected chi connectivity index (χ3v) is 9.43. The first-order valence-electron chi connectivity index (χ1n) is 14.6. The van der Waals surface area contributed by atoms with Gasteiger partial charge >= 0.3 is 23.9 Å². The molecule has 2 aliphatic carbocycles. The molecule has 2 bridgehead atoms. The number of benzene rings is 2. The lowest BCUT2D eigenvalue weighted by Crippen LogP contribution is -2.83. The van der Waals surface area contributed by atoms with E-state index in [1.807, 2.05) is 0 Å². The zero-order valence-corrected chi connectivity index (χ0v) is 25.4. The first-order chi connectivity index (χ1) is 20.7. The molecule has 2 N–H and O–H groups in total. The standard InChI is InChI=1S/C33H38O11/c1-19(34)40-18-32-25(43-29(38)22-14-10-7-11-15-22)16-23-27(41-20(2)35)33(32,44-30(23,3)4)31(5,39)17-24(26(32)36)42-28(37)21-12-8-6-9-13-21/h6-15,23-27,36,39H,16-18H2,1-5H3. The summed E-state index contributed by atoms with van der Waals surface area (Å²) in [5.74, 6) is -3.50. The largest absolute Gasteiger partial charge is 0.465 e. The van der Waals surface area contributed by atoms with Crippen molar-refractivity contribution >= 4 is 23.9 Å². The average molecular weight is 611 g/mol. The van der Waals surface area contributed by atoms with E-state index in [0.717, 1.165) is 0 Å². The second-order valence-electron chi connectivity index (χ2n) is 12.6. The van der Waals surface area contributed by atoms with Gasteiger partial charge in [0.2, 0.25) is 0 Å². The van der Waals surface area contributed by atoms with Crippen LogP contribution in [0.4, 0.5) is 0 Å². The zero-order valence-electron chi connectivity index (χ0n) is 25.4. The van der Waals surface area contributed by atoms with E-state index in [1.165, 1.54) is 20.8 Å². The Hall–Kier alpha value is -3.80. The van der Waals surface area contributed by atoms with Crippen molar-refractivity contribution < 1.29 is 53.1 Å². The molecule has 11 nitrogen and oxygen atoms in total. The van der Waals surface area contributed by atoms with Crippen LogP contribution >= 0.6 is 0 Å². The van der Waals surface area contributed by atoms with Crippen LogP contribution in [-0.4, -0.2) is 81.9 Å². The van der Waals surface area contributed by atoms with E-state index >= 15 is 0 Å². The maximum absolute atomic E-state index is 13.5. The van der Waals surface area contributed by atoms with Crippen molar-refractivity contribution in [2.45, 2.75) is 88.7 Å². The maximum atomic E-state index is 13.5. The highest BCUT2D eigenvalue weighted by atomic mass is 16.6. The van der Waals surface area contributed by atoms with Crippen LogP contribution in [0.25, 0.3) is 0 Å². The molecule has 8 atom stereocenters. The lowest BCUT2D eigenvalue weighted by Gasteiger charge is -2.65. The predicted molar refractivity (Wildman–Crippen MR) is 153 cm³/mol. The molecule has 2 aromatic carbocycles. The number of aliphatic hydroxyl groups is 2. The second kappa shape index (κ2) is 11.3. The quantitative estimate of drug-likeness (QED) is 0.351. The highest BCUT2D eigenvalue weighted by Gasteiger charge is 2.85. The number of carbonyl (C=O) groups is 4. The number of ether oxygens (including phenoxy) is 5. The lowest BCUT2D eigenvalue weighted by atomic mass is 9.46. The van der Waals surface area contributed by atoms with Crippen molar-refractivity contribution in [3.8, 4) is 0 Å². The number of esters is 4. The van der Waals surface area contributed by atoms with Gasteiger partial charge in [-0.2, -0.15) is 0 Å². The molecule has 2 saturated carbocycles. The Morgan fingerprint density at radius 1 is 0.841 bits per heavy atom. The third-order valence-electron chi connectivity index (χ3n) is 9.43. The van der Waals surface area contributed by atoms with E-state index in [0.29, 0.717) is 0 Å². The molecule has 3 aliphatic rings. The van der Waals surface area contributed by atoms with E-state index < -0.39 is 83.0 Å². The minimum absolute atomic E-state index is 0.000966. The van der Waals surface area contributed by atoms with Crippen LogP contribution in [0.5, 0.6) is 0 Å². The van der Waals surface area contributed by atoms with Crippen LogP contribution < -0.4 is 0 Å². The van der Waals surface area contributed by atoms with Gasteiger partial charge in [0.05, 0.1) is 22.3 Å². The Labute approximate surface area is 255 Å². The van der Waals surface area contributed by atoms with Gasteiger partial charge in [-0.1, -0.05) is 36.4 Å². The summed E-state index contributed by atoms with van der Waals surface area (Å²) in [5.41, 5.74) is -6.59. The van der Waals surface area contributed by atoms with Gasteiger partial charge in [0.15, 0.2) is 0 Å². The van der Waals surface area contributed by atoms with Crippen molar-refractivity contribution in [2.24, 2.45) is 11.3 Å². The molecule has 44 heavy (non-hydrogen) atoms. The van der Waals surface area contributed by atoms with Gasteiger partial charge in [-0.05, 0) is 51.5 Å². The molecule has 11 heteroatoms. The van der Waals surface area contributed by atoms with E-state index in [-0.39, 0.29) is 24.0 Å². The van der Waals surface area contributed by atoms with Gasteiger partial charge in [0, 0.05) is 26.2 Å². The van der Waals surface area contributed by atoms with Crippen LogP contribution in [0.15, 0.2) is 60.7 Å². The fourth-order valence-electron chi connectivity index (χ4n) is 7.62. The van der Waals surface area contributed by atoms with E-state index in [9.17, 15) is 29.4 Å². The van der Waals surface area contributed by atoms with Gasteiger partial charge in [-0.15, -0.1) is 0 Å². The molecule has 1 spiro atoms. The van der Waals surface area contributed by atoms with Crippen LogP contribution in [0.2, 0.25) is 0 Å². The Morgan fingerprint density at radius 2 is 1.39 bits per heavy atom. The van der Waals surface area contributed by atoms with Crippen LogP contribution in [0.1, 0.15) is 68.2 Å². The molecule has 1 saturated heterocycles. The SMILES string of the molecule is CC(=O)OCC12C(OC(=O)c3ccccc3)CC3C(OC(C)=O)C1(OC3(C)C)C(C)(O)CC(OC(=O)c1ccccc1)C2O. The van der Waals surface area contributed by atoms with Gasteiger partial charge in [-0.3, -0.25) is 9.59 Å². The number of hydrogen-bond acceptors (Lipinski definition) is 11. The topological polar surface area (TPSA) is 155 Å². The van der Waals surface area contributed by atoms with Crippen LogP contribution in [0.3, 0.4) is 0 Å². The predicted octanol–water partition coefficient (Wildman–Crippen LogP) is 3.00. The smallest absolute Gasteiger partial charge is 0.338 e. The molecule has 0 aromatic heterocycles. The second-order valence-corrected chi connectivity index (χ2v) is 12.6. The highest BCUT2D eigenvalue weighted by Crippen LogP contribution is 2.68. The Kier molecular flexibility index (Phi) is 8.11. The Bertz CT molecular complexity index is 1420. The lowest BCUT2D eigenvalue weighted by molar-refractivity contribution is -0.354. The molecule has 8 unspecified atom stereocenters. The summed E-state index contributed by atoms with van der Waals surface area (Å²) in [7, 11) is 0. The minimum Gasteiger partial charge on any atom is -0.465 e. The fraction of sp³-hybridized carbons (Fsp3) is 0.515. The first kappa shape index (κ1) is 31.6. The first-order valence-corrected chi connectivity index (χ1v) is 14.6. The maximum Gasteiger partial charge on any atom is 0.338 e. The molecule has 236 valence electrons. The Balaban J connectivity index is 1.70. The van der Waals surface area contributed by atoms with Crippen molar-refractivity contribution in [3.05, 3.63) is 71.8 Å². The third kappa shape index (κ3) is 4.96. The molecular formula is C33H38O11. The van der Waals surface area contributed by atoms with Crippen LogP contribution in [-0.2, 0) is 33.3 Å². The summed E-state index contributed by atoms with van der Waals surface area (Å²) in [6, 6.07) is 16.3. The normalized spacial score (nSPS) is 35.1. The van der Waals surface area contributed by atoms with Gasteiger partial charge in [0.25, 0.3) is 0 Å². The van der Waals surface area contributed by atoms with Gasteiger partial charge in [-0.25, -0.2) is 9.59 Å². The summed E-state index contributed by atoms with van der Waals surface area (Å²) >= 11 is 0. The van der Waals surface area contributed by atoms with Crippen LogP contribution in [0, 0.1) is 11.3 Å². The number of hydrogen-bond donors (Lipinski definition) is 2. The van der Waals surface area contributed by atoms with E-state index in [2.05, 4.69) is 0 Å². The summed E-state index contributed by atoms with van der Waals surface area (Å²) < 4.78 is 30.2. The molecule has 1 aliphatic heterocycles. The van der Waals surface area contributed by atoms with Crippen molar-refractivity contribution in [1.29, 1.82) is 0 Å². The van der Waals surface area contributed by atoms with Crippen molar-refractivity contribution in [1.82, 2.24) is 0 Å². The summed E-state index contributed by atoms with van der Waals surface area (Å²) in [6.45, 7) is 6.71. The zero-order chi connectivity index (χ0) is 32.1. The molecule has 0 radical (unpaired) electrons. The van der Waals surface area contributed by atoms with Crippen molar-refractivity contribution in [3.63, 3.8) is 0 Å². The summed E-state index contributed by atoms with van der Waals surface area (Å²) in [4.78, 5) is 51.6. The summed E-state index contributed by atoms with van der Waals surface area (Å²) in [5, 5.41) is 24.8. The van der Waals surface area contributed by atoms with Gasteiger partial charge < -0.3 is 33.9 Å². The Morgan fingerprint density at radius 3 is 1.91 bits per heavy atom. The van der Waals surface area contributed by atoms with Crippen molar-refractivity contribution in [2.75, 3.05) is 6.61 Å². The molecule has 3 fully saturated rings. The molecule has 0 amide bonds. The van der Waals surface area contributed by atoms with Gasteiger partial charge in [0.1, 0.15) is 42.0 Å². The van der Waals surface area contributed by atoms with E-state index in [1.54, 1.807) is 74.5 Å². The molecular weight excluding hydrogens is 572 g/mol. The number of carbonyl (C=O) groups excluding carboxylic acids is 4. The number of rotatable bonds is 7. The average Bonchev–Trinajstić information content (AvgIpc) is 3.13. The highest BCUT2D eigenvalue weighted by molar-refractivity contribution is 5.90. The minimum atomic E-state index is -1.99. The fourth-order valence-corrected chi connectivity index (χ4v) is 7.62.